The summed E-state index contributed by atoms with van der Waals surface area (Å²) in [5.74, 6) is 1.59. The van der Waals surface area contributed by atoms with E-state index in [0.29, 0.717) is 5.88 Å². The monoisotopic (exact) mass is 361 g/mol. The highest BCUT2D eigenvalue weighted by molar-refractivity contribution is 5.86. The van der Waals surface area contributed by atoms with Crippen LogP contribution in [0.15, 0.2) is 49.1 Å². The van der Waals surface area contributed by atoms with Crippen molar-refractivity contribution < 1.29 is 4.74 Å². The number of hydrogen-bond donors (Lipinski definition) is 0. The van der Waals surface area contributed by atoms with E-state index in [2.05, 4.69) is 42.0 Å². The van der Waals surface area contributed by atoms with Gasteiger partial charge in [-0.2, -0.15) is 0 Å². The summed E-state index contributed by atoms with van der Waals surface area (Å²) in [5, 5.41) is 5.59. The third-order valence-corrected chi connectivity index (χ3v) is 4.99. The first-order valence-electron chi connectivity index (χ1n) is 8.91. The first-order chi connectivity index (χ1) is 13.3. The highest BCUT2D eigenvalue weighted by Gasteiger charge is 2.19. The molecule has 0 unspecified atom stereocenters. The van der Waals surface area contributed by atoms with Gasteiger partial charge in [-0.25, -0.2) is 19.5 Å². The molecule has 27 heavy (non-hydrogen) atoms. The number of ether oxygens (including phenoxy) is 1. The van der Waals surface area contributed by atoms with Crippen molar-refractivity contribution in [1.29, 1.82) is 0 Å². The minimum Gasteiger partial charge on any atom is -0.480 e. The molecule has 4 heterocycles. The number of aromatic nitrogens is 5. The molecule has 4 aromatic rings. The Morgan fingerprint density at radius 3 is 2.63 bits per heavy atom. The summed E-state index contributed by atoms with van der Waals surface area (Å²) >= 11 is 0. The Hall–Kier alpha value is -3.42. The predicted octanol–water partition coefficient (Wildman–Crippen LogP) is 2.01. The molecule has 1 fully saturated rings. The van der Waals surface area contributed by atoms with Crippen molar-refractivity contribution in [2.45, 2.75) is 0 Å². The predicted molar refractivity (Wildman–Crippen MR) is 104 cm³/mol. The van der Waals surface area contributed by atoms with E-state index in [4.69, 9.17) is 4.74 Å². The average molecular weight is 361 g/mol. The third kappa shape index (κ3) is 2.79. The van der Waals surface area contributed by atoms with Gasteiger partial charge in [-0.3, -0.25) is 0 Å². The van der Waals surface area contributed by atoms with Crippen LogP contribution in [0.4, 0.5) is 11.5 Å². The molecule has 8 heteroatoms. The maximum absolute atomic E-state index is 5.38. The van der Waals surface area contributed by atoms with Gasteiger partial charge in [0.25, 0.3) is 0 Å². The smallest absolute Gasteiger partial charge is 0.224 e. The summed E-state index contributed by atoms with van der Waals surface area (Å²) in [6, 6.07) is 10.3. The maximum Gasteiger partial charge on any atom is 0.224 e. The molecule has 8 nitrogen and oxygen atoms in total. The second-order valence-electron chi connectivity index (χ2n) is 6.48. The lowest BCUT2D eigenvalue weighted by atomic mass is 10.2. The van der Waals surface area contributed by atoms with E-state index in [1.807, 2.05) is 28.9 Å². The number of piperazine rings is 1. The SMILES string of the molecule is COc1ncnc2ccc(N3CCN(c4ccc5nccn5n4)CC3)cc12. The topological polar surface area (TPSA) is 71.7 Å². The van der Waals surface area contributed by atoms with Gasteiger partial charge in [-0.1, -0.05) is 0 Å². The number of methoxy groups -OCH3 is 1. The maximum atomic E-state index is 5.38. The number of hydrogen-bond acceptors (Lipinski definition) is 7. The lowest BCUT2D eigenvalue weighted by Gasteiger charge is -2.36. The third-order valence-electron chi connectivity index (χ3n) is 4.99. The second-order valence-corrected chi connectivity index (χ2v) is 6.48. The summed E-state index contributed by atoms with van der Waals surface area (Å²) in [6.07, 6.45) is 5.17. The number of nitrogens with zero attached hydrogens (tertiary/aromatic N) is 7. The first-order valence-corrected chi connectivity index (χ1v) is 8.91. The van der Waals surface area contributed by atoms with Crippen LogP contribution in [0.25, 0.3) is 16.6 Å². The standard InChI is InChI=1S/C19H19N7O/c1-27-19-15-12-14(2-3-16(15)21-13-22-19)24-8-10-25(11-9-24)18-5-4-17-20-6-7-26(17)23-18/h2-7,12-13H,8-11H2,1H3. The zero-order chi connectivity index (χ0) is 18.2. The van der Waals surface area contributed by atoms with Gasteiger partial charge in [0.05, 0.1) is 18.0 Å². The average Bonchev–Trinajstić information content (AvgIpc) is 3.21. The molecule has 1 aromatic carbocycles. The van der Waals surface area contributed by atoms with Gasteiger partial charge in [0.2, 0.25) is 5.88 Å². The zero-order valence-electron chi connectivity index (χ0n) is 15.0. The van der Waals surface area contributed by atoms with Gasteiger partial charge < -0.3 is 14.5 Å². The number of benzene rings is 1. The van der Waals surface area contributed by atoms with Crippen LogP contribution in [0.5, 0.6) is 5.88 Å². The highest BCUT2D eigenvalue weighted by atomic mass is 16.5. The van der Waals surface area contributed by atoms with Gasteiger partial charge in [-0.15, -0.1) is 5.10 Å². The van der Waals surface area contributed by atoms with E-state index in [1.165, 1.54) is 6.33 Å². The Morgan fingerprint density at radius 1 is 0.926 bits per heavy atom. The fourth-order valence-electron chi connectivity index (χ4n) is 3.55. The second kappa shape index (κ2) is 6.39. The lowest BCUT2D eigenvalue weighted by molar-refractivity contribution is 0.402. The Balaban J connectivity index is 1.36. The van der Waals surface area contributed by atoms with E-state index in [1.54, 1.807) is 13.3 Å². The molecule has 0 atom stereocenters. The van der Waals surface area contributed by atoms with Gasteiger partial charge in [0, 0.05) is 44.3 Å². The van der Waals surface area contributed by atoms with Crippen LogP contribution in [0.2, 0.25) is 0 Å². The molecule has 0 spiro atoms. The zero-order valence-corrected chi connectivity index (χ0v) is 15.0. The van der Waals surface area contributed by atoms with Crippen LogP contribution in [-0.2, 0) is 0 Å². The summed E-state index contributed by atoms with van der Waals surface area (Å²) in [5.41, 5.74) is 2.92. The molecule has 1 aliphatic heterocycles. The Kier molecular flexibility index (Phi) is 3.74. The van der Waals surface area contributed by atoms with Crippen LogP contribution in [0.1, 0.15) is 0 Å². The van der Waals surface area contributed by atoms with Gasteiger partial charge in [0.1, 0.15) is 12.1 Å². The molecule has 5 rings (SSSR count). The Bertz CT molecular complexity index is 1100. The van der Waals surface area contributed by atoms with Gasteiger partial charge in [0.15, 0.2) is 5.65 Å². The van der Waals surface area contributed by atoms with Crippen molar-refractivity contribution in [2.24, 2.45) is 0 Å². The molecular weight excluding hydrogens is 342 g/mol. The molecule has 0 radical (unpaired) electrons. The quantitative estimate of drug-likeness (QED) is 0.553. The number of anilines is 2. The number of imidazole rings is 1. The van der Waals surface area contributed by atoms with E-state index < -0.39 is 0 Å². The van der Waals surface area contributed by atoms with Crippen molar-refractivity contribution in [3.8, 4) is 5.88 Å². The van der Waals surface area contributed by atoms with Gasteiger partial charge >= 0.3 is 0 Å². The fraction of sp³-hybridized carbons (Fsp3) is 0.263. The minimum absolute atomic E-state index is 0.610. The first kappa shape index (κ1) is 15.8. The Morgan fingerprint density at radius 2 is 1.78 bits per heavy atom. The molecule has 1 aliphatic rings. The minimum atomic E-state index is 0.610. The Labute approximate surface area is 156 Å². The van der Waals surface area contributed by atoms with Crippen molar-refractivity contribution in [1.82, 2.24) is 24.6 Å². The van der Waals surface area contributed by atoms with E-state index in [0.717, 1.165) is 54.2 Å². The largest absolute Gasteiger partial charge is 0.480 e. The van der Waals surface area contributed by atoms with Crippen molar-refractivity contribution >= 4 is 28.1 Å². The van der Waals surface area contributed by atoms with E-state index in [9.17, 15) is 0 Å². The molecule has 0 N–H and O–H groups in total. The summed E-state index contributed by atoms with van der Waals surface area (Å²) in [6.45, 7) is 3.66. The molecule has 0 bridgehead atoms. The molecule has 0 aliphatic carbocycles. The molecule has 136 valence electrons. The number of fused-ring (bicyclic) bond motifs is 2. The van der Waals surface area contributed by atoms with Crippen LogP contribution in [0, 0.1) is 0 Å². The molecule has 3 aromatic heterocycles. The van der Waals surface area contributed by atoms with Crippen LogP contribution in [-0.4, -0.2) is 57.9 Å². The van der Waals surface area contributed by atoms with Crippen LogP contribution in [0.3, 0.4) is 0 Å². The number of rotatable bonds is 3. The van der Waals surface area contributed by atoms with Crippen molar-refractivity contribution in [2.75, 3.05) is 43.1 Å². The molecule has 0 amide bonds. The lowest BCUT2D eigenvalue weighted by Crippen LogP contribution is -2.47. The van der Waals surface area contributed by atoms with E-state index >= 15 is 0 Å². The summed E-state index contributed by atoms with van der Waals surface area (Å²) in [4.78, 5) is 17.5. The molecule has 0 saturated carbocycles. The molecular formula is C19H19N7O. The summed E-state index contributed by atoms with van der Waals surface area (Å²) < 4.78 is 7.20. The normalized spacial score (nSPS) is 14.9. The van der Waals surface area contributed by atoms with Gasteiger partial charge in [-0.05, 0) is 30.3 Å². The van der Waals surface area contributed by atoms with Crippen molar-refractivity contribution in [3.05, 3.63) is 49.1 Å². The van der Waals surface area contributed by atoms with E-state index in [-0.39, 0.29) is 0 Å². The van der Waals surface area contributed by atoms with Crippen LogP contribution >= 0.6 is 0 Å². The fourth-order valence-corrected chi connectivity index (χ4v) is 3.55. The van der Waals surface area contributed by atoms with Crippen LogP contribution < -0.4 is 14.5 Å². The molecule has 1 saturated heterocycles. The highest BCUT2D eigenvalue weighted by Crippen LogP contribution is 2.27. The van der Waals surface area contributed by atoms with Crippen molar-refractivity contribution in [3.63, 3.8) is 0 Å². The summed E-state index contributed by atoms with van der Waals surface area (Å²) in [7, 11) is 1.64.